The summed E-state index contributed by atoms with van der Waals surface area (Å²) >= 11 is 0. The van der Waals surface area contributed by atoms with Crippen molar-refractivity contribution in [3.05, 3.63) is 215 Å². The molecule has 0 aliphatic heterocycles. The van der Waals surface area contributed by atoms with Crippen LogP contribution in [0.15, 0.2) is 176 Å². The van der Waals surface area contributed by atoms with Crippen LogP contribution in [0.5, 0.6) is 0 Å². The summed E-state index contributed by atoms with van der Waals surface area (Å²) in [5.74, 6) is 1.32. The summed E-state index contributed by atoms with van der Waals surface area (Å²) in [7, 11) is 0. The topological polar surface area (TPSA) is 70.2 Å². The molecule has 0 aromatic heterocycles. The Labute approximate surface area is 415 Å². The summed E-state index contributed by atoms with van der Waals surface area (Å²) in [6.45, 7) is 13.6. The Morgan fingerprint density at radius 1 is 0.329 bits per heavy atom. The average Bonchev–Trinajstić information content (AvgIpc) is 3.39. The van der Waals surface area contributed by atoms with Crippen molar-refractivity contribution in [1.29, 1.82) is 0 Å². The molecular weight excluding hydrogens is 855 g/mol. The third-order valence-electron chi connectivity index (χ3n) is 14.5. The van der Waals surface area contributed by atoms with Gasteiger partial charge >= 0.3 is 0 Å². The number of carbonyl (C=O) groups excluding carboxylic acids is 2. The molecular formula is C65H65N3O2. The van der Waals surface area contributed by atoms with Gasteiger partial charge in [0.15, 0.2) is 11.6 Å². The highest BCUT2D eigenvalue weighted by Gasteiger charge is 2.36. The third kappa shape index (κ3) is 10.3. The maximum atomic E-state index is 15.3. The molecule has 0 bridgehead atoms. The van der Waals surface area contributed by atoms with Gasteiger partial charge in [0.25, 0.3) is 0 Å². The van der Waals surface area contributed by atoms with Gasteiger partial charge in [0.2, 0.25) is 0 Å². The van der Waals surface area contributed by atoms with Crippen LogP contribution in [0.4, 0.5) is 34.1 Å². The maximum absolute atomic E-state index is 15.3. The molecule has 3 unspecified atom stereocenters. The minimum absolute atomic E-state index is 0.212. The molecule has 1 aliphatic rings. The van der Waals surface area contributed by atoms with Gasteiger partial charge in [-0.25, -0.2) is 0 Å². The lowest BCUT2D eigenvalue weighted by Crippen LogP contribution is -2.24. The molecule has 352 valence electrons. The molecule has 5 heteroatoms. The summed E-state index contributed by atoms with van der Waals surface area (Å²) in [5.41, 5.74) is 16.7. The van der Waals surface area contributed by atoms with Crippen LogP contribution in [0, 0.1) is 17.8 Å². The number of rotatable bonds is 18. The second-order valence-corrected chi connectivity index (χ2v) is 19.5. The number of anilines is 6. The van der Waals surface area contributed by atoms with Crippen molar-refractivity contribution in [2.24, 2.45) is 17.8 Å². The Morgan fingerprint density at radius 3 is 1.00 bits per heavy atom. The van der Waals surface area contributed by atoms with Crippen LogP contribution < -0.4 is 16.0 Å². The van der Waals surface area contributed by atoms with Gasteiger partial charge in [0.1, 0.15) is 0 Å². The molecule has 0 radical (unpaired) electrons. The van der Waals surface area contributed by atoms with Crippen LogP contribution in [-0.2, 0) is 19.3 Å². The van der Waals surface area contributed by atoms with E-state index in [9.17, 15) is 0 Å². The van der Waals surface area contributed by atoms with Gasteiger partial charge in [-0.3, -0.25) is 9.59 Å². The molecule has 8 aromatic carbocycles. The lowest BCUT2D eigenvalue weighted by molar-refractivity contribution is 0.0981. The molecule has 0 amide bonds. The van der Waals surface area contributed by atoms with Crippen LogP contribution in [-0.4, -0.2) is 11.6 Å². The Bertz CT molecular complexity index is 3130. The van der Waals surface area contributed by atoms with Crippen molar-refractivity contribution >= 4 is 45.7 Å². The second-order valence-electron chi connectivity index (χ2n) is 19.5. The van der Waals surface area contributed by atoms with Crippen molar-refractivity contribution in [2.75, 3.05) is 16.0 Å². The molecule has 0 spiro atoms. The van der Waals surface area contributed by atoms with E-state index in [2.05, 4.69) is 203 Å². The van der Waals surface area contributed by atoms with Crippen molar-refractivity contribution in [3.63, 3.8) is 0 Å². The first-order valence-corrected chi connectivity index (χ1v) is 25.4. The van der Waals surface area contributed by atoms with E-state index in [0.29, 0.717) is 57.1 Å². The average molecular weight is 920 g/mol. The van der Waals surface area contributed by atoms with Crippen molar-refractivity contribution in [1.82, 2.24) is 0 Å². The van der Waals surface area contributed by atoms with Crippen molar-refractivity contribution in [3.8, 4) is 33.4 Å². The Hall–Kier alpha value is -7.50. The molecule has 0 saturated heterocycles. The quantitative estimate of drug-likeness (QED) is 0.0800. The predicted molar refractivity (Wildman–Crippen MR) is 295 cm³/mol. The van der Waals surface area contributed by atoms with Gasteiger partial charge < -0.3 is 16.0 Å². The highest BCUT2D eigenvalue weighted by atomic mass is 16.1. The first-order valence-electron chi connectivity index (χ1n) is 25.4. The molecule has 0 fully saturated rings. The Balaban J connectivity index is 1.06. The predicted octanol–water partition coefficient (Wildman–Crippen LogP) is 17.5. The monoisotopic (exact) mass is 920 g/mol. The van der Waals surface area contributed by atoms with E-state index in [-0.39, 0.29) is 11.6 Å². The molecule has 0 saturated carbocycles. The van der Waals surface area contributed by atoms with E-state index in [1.165, 1.54) is 33.4 Å². The molecule has 9 rings (SSSR count). The van der Waals surface area contributed by atoms with Crippen LogP contribution >= 0.6 is 0 Å². The minimum atomic E-state index is -0.224. The van der Waals surface area contributed by atoms with E-state index in [1.807, 2.05) is 24.3 Å². The Morgan fingerprint density at radius 2 is 0.643 bits per heavy atom. The van der Waals surface area contributed by atoms with Crippen LogP contribution in [0.1, 0.15) is 109 Å². The van der Waals surface area contributed by atoms with E-state index < -0.39 is 0 Å². The largest absolute Gasteiger partial charge is 0.355 e. The van der Waals surface area contributed by atoms with Gasteiger partial charge in [-0.15, -0.1) is 0 Å². The fourth-order valence-corrected chi connectivity index (χ4v) is 9.80. The number of hydrogen-bond donors (Lipinski definition) is 3. The van der Waals surface area contributed by atoms with Gasteiger partial charge in [0.05, 0.1) is 33.8 Å². The summed E-state index contributed by atoms with van der Waals surface area (Å²) < 4.78 is 0. The van der Waals surface area contributed by atoms with Crippen LogP contribution in [0.25, 0.3) is 33.4 Å². The van der Waals surface area contributed by atoms with Crippen LogP contribution in [0.2, 0.25) is 0 Å². The number of benzene rings is 8. The molecule has 3 N–H and O–H groups in total. The number of fused-ring (bicyclic) bond motifs is 2. The SMILES string of the molecule is CCC(C)Cc1ccccc1-c1ccc(Nc2cccc3c2C(=O)c2c(Nc4ccc(-c5ccccc5CC(C)CC)cc4)ccc(Nc4ccc(-c5ccccc5CC(C)CC)cc4)c2C3=O)cc1. The number of hydrogen-bond acceptors (Lipinski definition) is 5. The number of ketones is 2. The van der Waals surface area contributed by atoms with Crippen molar-refractivity contribution in [2.45, 2.75) is 80.1 Å². The van der Waals surface area contributed by atoms with E-state index in [1.54, 1.807) is 6.07 Å². The van der Waals surface area contributed by atoms with E-state index in [0.717, 1.165) is 72.3 Å². The molecule has 8 aromatic rings. The summed E-state index contributed by atoms with van der Waals surface area (Å²) in [4.78, 5) is 30.4. The van der Waals surface area contributed by atoms with Gasteiger partial charge in [-0.1, -0.05) is 182 Å². The second kappa shape index (κ2) is 21.4. The lowest BCUT2D eigenvalue weighted by atomic mass is 9.81. The standard InChI is InChI=1S/C65H65N3O2/c1-7-42(4)39-48-17-10-13-20-54(48)45-25-31-51(32-26-45)66-58-24-16-23-57-61(58)65(70)63-60(68-53-35-29-47(30-36-53)56-22-15-12-19-50(56)41-44(6)9-3)38-37-59(62(63)64(57)69)67-52-33-27-46(28-34-52)55-21-14-11-18-49(55)40-43(5)8-2/h10-38,42-44,66-68H,7-9,39-41H2,1-6H3. The van der Waals surface area contributed by atoms with Gasteiger partial charge in [0, 0.05) is 22.6 Å². The fourth-order valence-electron chi connectivity index (χ4n) is 9.80. The smallest absolute Gasteiger partial charge is 0.198 e. The minimum Gasteiger partial charge on any atom is -0.355 e. The number of nitrogens with one attached hydrogen (secondary N) is 3. The summed E-state index contributed by atoms with van der Waals surface area (Å²) in [6, 6.07) is 60.3. The molecule has 3 atom stereocenters. The zero-order chi connectivity index (χ0) is 48.7. The van der Waals surface area contributed by atoms with E-state index >= 15 is 9.59 Å². The third-order valence-corrected chi connectivity index (χ3v) is 14.5. The molecule has 0 heterocycles. The molecule has 5 nitrogen and oxygen atoms in total. The normalized spacial score (nSPS) is 13.2. The molecule has 1 aliphatic carbocycles. The Kier molecular flexibility index (Phi) is 14.6. The highest BCUT2D eigenvalue weighted by molar-refractivity contribution is 6.33. The zero-order valence-electron chi connectivity index (χ0n) is 41.5. The van der Waals surface area contributed by atoms with Crippen LogP contribution in [0.3, 0.4) is 0 Å². The first-order chi connectivity index (χ1) is 34.1. The van der Waals surface area contributed by atoms with E-state index in [4.69, 9.17) is 0 Å². The molecule has 70 heavy (non-hydrogen) atoms. The summed E-state index contributed by atoms with van der Waals surface area (Å²) in [6.07, 6.45) is 6.44. The lowest BCUT2D eigenvalue weighted by Gasteiger charge is -2.26. The zero-order valence-corrected chi connectivity index (χ0v) is 41.5. The highest BCUT2D eigenvalue weighted by Crippen LogP contribution is 2.42. The first kappa shape index (κ1) is 47.6. The number of carbonyl (C=O) groups is 2. The van der Waals surface area contributed by atoms with Crippen molar-refractivity contribution < 1.29 is 9.59 Å². The van der Waals surface area contributed by atoms with Gasteiger partial charge in [-0.05, 0) is 142 Å². The maximum Gasteiger partial charge on any atom is 0.198 e. The fraction of sp³-hybridized carbons (Fsp3) is 0.231. The van der Waals surface area contributed by atoms with Gasteiger partial charge in [-0.2, -0.15) is 0 Å². The summed E-state index contributed by atoms with van der Waals surface area (Å²) in [5, 5.41) is 10.7.